The van der Waals surface area contributed by atoms with Crippen LogP contribution in [0, 0.1) is 0 Å². The fourth-order valence-corrected chi connectivity index (χ4v) is 3.63. The van der Waals surface area contributed by atoms with Crippen LogP contribution in [-0.2, 0) is 22.7 Å². The van der Waals surface area contributed by atoms with Crippen LogP contribution in [0.15, 0.2) is 78.9 Å². The fraction of sp³-hybridized carbons (Fsp3) is 0.167. The van der Waals surface area contributed by atoms with Crippen LogP contribution in [0.25, 0.3) is 0 Å². The summed E-state index contributed by atoms with van der Waals surface area (Å²) >= 11 is 6.13. The van der Waals surface area contributed by atoms with Crippen molar-refractivity contribution in [3.63, 3.8) is 0 Å². The largest absolute Gasteiger partial charge is 0.423 e. The first-order valence-electron chi connectivity index (χ1n) is 9.69. The molecule has 0 spiro atoms. The van der Waals surface area contributed by atoms with Gasteiger partial charge >= 0.3 is 5.97 Å². The lowest BCUT2D eigenvalue weighted by atomic mass is 10.1. The van der Waals surface area contributed by atoms with Crippen LogP contribution < -0.4 is 9.64 Å². The summed E-state index contributed by atoms with van der Waals surface area (Å²) in [7, 11) is 0. The Morgan fingerprint density at radius 3 is 2.13 bits per heavy atom. The molecule has 3 aromatic carbocycles. The van der Waals surface area contributed by atoms with Gasteiger partial charge in [0.05, 0.1) is 12.2 Å². The SMILES string of the molecule is O=C1CN(CC(=O)N(Cc2ccccc2)Cc2ccccc2)c2cc(Cl)ccc2O1. The highest BCUT2D eigenvalue weighted by Gasteiger charge is 2.27. The van der Waals surface area contributed by atoms with E-state index >= 15 is 0 Å². The number of benzene rings is 3. The maximum absolute atomic E-state index is 13.3. The van der Waals surface area contributed by atoms with E-state index in [1.165, 1.54) is 0 Å². The van der Waals surface area contributed by atoms with Gasteiger partial charge in [-0.3, -0.25) is 4.79 Å². The lowest BCUT2D eigenvalue weighted by Gasteiger charge is -2.32. The third kappa shape index (κ3) is 4.81. The van der Waals surface area contributed by atoms with E-state index in [-0.39, 0.29) is 19.0 Å². The van der Waals surface area contributed by atoms with Gasteiger partial charge in [-0.1, -0.05) is 72.3 Å². The molecule has 0 radical (unpaired) electrons. The quantitative estimate of drug-likeness (QED) is 0.441. The summed E-state index contributed by atoms with van der Waals surface area (Å²) in [5.41, 5.74) is 2.74. The van der Waals surface area contributed by atoms with E-state index in [0.717, 1.165) is 11.1 Å². The number of ether oxygens (including phenoxy) is 1. The normalized spacial score (nSPS) is 12.8. The Kier molecular flexibility index (Phi) is 6.00. The van der Waals surface area contributed by atoms with Gasteiger partial charge in [-0.2, -0.15) is 0 Å². The minimum absolute atomic E-state index is 0.00357. The molecule has 6 heteroatoms. The predicted octanol–water partition coefficient (Wildman–Crippen LogP) is 4.29. The summed E-state index contributed by atoms with van der Waals surface area (Å²) in [5.74, 6) is -0.0558. The van der Waals surface area contributed by atoms with Crippen LogP contribution in [0.1, 0.15) is 11.1 Å². The Morgan fingerprint density at radius 1 is 0.933 bits per heavy atom. The molecule has 0 aromatic heterocycles. The molecule has 4 rings (SSSR count). The van der Waals surface area contributed by atoms with Gasteiger partial charge < -0.3 is 14.5 Å². The Bertz CT molecular complexity index is 999. The predicted molar refractivity (Wildman–Crippen MR) is 116 cm³/mol. The molecule has 1 heterocycles. The Labute approximate surface area is 180 Å². The summed E-state index contributed by atoms with van der Waals surface area (Å²) in [6.07, 6.45) is 0. The number of rotatable bonds is 6. The minimum atomic E-state index is -0.393. The summed E-state index contributed by atoms with van der Waals surface area (Å²) in [4.78, 5) is 28.9. The average molecular weight is 421 g/mol. The number of nitrogens with zero attached hydrogens (tertiary/aromatic N) is 2. The second-order valence-corrected chi connectivity index (χ2v) is 7.60. The topological polar surface area (TPSA) is 49.9 Å². The molecule has 152 valence electrons. The third-order valence-electron chi connectivity index (χ3n) is 4.92. The van der Waals surface area contributed by atoms with Gasteiger partial charge in [-0.05, 0) is 29.3 Å². The van der Waals surface area contributed by atoms with Gasteiger partial charge in [-0.15, -0.1) is 0 Å². The second-order valence-electron chi connectivity index (χ2n) is 7.16. The smallest absolute Gasteiger partial charge is 0.331 e. The molecular formula is C24H21ClN2O3. The standard InChI is InChI=1S/C24H21ClN2O3/c25-20-11-12-22-21(13-20)26(17-24(29)30-22)16-23(28)27(14-18-7-3-1-4-8-18)15-19-9-5-2-6-10-19/h1-13H,14-17H2. The van der Waals surface area contributed by atoms with E-state index in [1.807, 2.05) is 60.7 Å². The van der Waals surface area contributed by atoms with Crippen molar-refractivity contribution >= 4 is 29.2 Å². The summed E-state index contributed by atoms with van der Waals surface area (Å²) in [6, 6.07) is 24.8. The molecule has 0 unspecified atom stereocenters. The molecule has 0 saturated heterocycles. The number of carbonyl (C=O) groups excluding carboxylic acids is 2. The van der Waals surface area contributed by atoms with Crippen molar-refractivity contribution in [2.24, 2.45) is 0 Å². The summed E-state index contributed by atoms with van der Waals surface area (Å²) in [5, 5.41) is 0.523. The number of halogens is 1. The van der Waals surface area contributed by atoms with Crippen LogP contribution >= 0.6 is 11.6 Å². The molecule has 0 aliphatic carbocycles. The van der Waals surface area contributed by atoms with E-state index in [9.17, 15) is 9.59 Å². The van der Waals surface area contributed by atoms with Crippen LogP contribution in [0.3, 0.4) is 0 Å². The molecule has 1 aliphatic heterocycles. The van der Waals surface area contributed by atoms with Crippen molar-refractivity contribution < 1.29 is 14.3 Å². The van der Waals surface area contributed by atoms with Crippen molar-refractivity contribution in [2.75, 3.05) is 18.0 Å². The number of carbonyl (C=O) groups is 2. The molecule has 0 saturated carbocycles. The van der Waals surface area contributed by atoms with Gasteiger partial charge in [0.25, 0.3) is 0 Å². The lowest BCUT2D eigenvalue weighted by molar-refractivity contribution is -0.134. The highest BCUT2D eigenvalue weighted by molar-refractivity contribution is 6.31. The highest BCUT2D eigenvalue weighted by Crippen LogP contribution is 2.34. The zero-order valence-corrected chi connectivity index (χ0v) is 17.1. The molecule has 1 aliphatic rings. The maximum Gasteiger partial charge on any atom is 0.331 e. The molecule has 0 N–H and O–H groups in total. The van der Waals surface area contributed by atoms with E-state index in [4.69, 9.17) is 16.3 Å². The van der Waals surface area contributed by atoms with Crippen molar-refractivity contribution in [1.82, 2.24) is 4.90 Å². The van der Waals surface area contributed by atoms with Gasteiger partial charge in [-0.25, -0.2) is 4.79 Å². The number of anilines is 1. The van der Waals surface area contributed by atoms with E-state index in [0.29, 0.717) is 29.5 Å². The van der Waals surface area contributed by atoms with Gasteiger partial charge in [0.1, 0.15) is 6.54 Å². The van der Waals surface area contributed by atoms with Crippen LogP contribution in [0.5, 0.6) is 5.75 Å². The van der Waals surface area contributed by atoms with E-state index in [1.54, 1.807) is 28.0 Å². The number of amides is 1. The zero-order valence-electron chi connectivity index (χ0n) is 16.3. The first-order chi connectivity index (χ1) is 14.6. The van der Waals surface area contributed by atoms with Gasteiger partial charge in [0, 0.05) is 18.1 Å². The number of hydrogen-bond acceptors (Lipinski definition) is 4. The highest BCUT2D eigenvalue weighted by atomic mass is 35.5. The van der Waals surface area contributed by atoms with Crippen molar-refractivity contribution in [2.45, 2.75) is 13.1 Å². The number of hydrogen-bond donors (Lipinski definition) is 0. The Balaban J connectivity index is 1.57. The van der Waals surface area contributed by atoms with Crippen LogP contribution in [0.2, 0.25) is 5.02 Å². The summed E-state index contributed by atoms with van der Waals surface area (Å²) < 4.78 is 5.29. The average Bonchev–Trinajstić information content (AvgIpc) is 2.75. The first-order valence-corrected chi connectivity index (χ1v) is 10.1. The van der Waals surface area contributed by atoms with Gasteiger partial charge in [0.15, 0.2) is 5.75 Å². The number of fused-ring (bicyclic) bond motifs is 1. The van der Waals surface area contributed by atoms with Crippen LogP contribution in [-0.4, -0.2) is 29.9 Å². The Morgan fingerprint density at radius 2 is 1.53 bits per heavy atom. The molecule has 5 nitrogen and oxygen atoms in total. The molecule has 3 aromatic rings. The summed E-state index contributed by atoms with van der Waals surface area (Å²) in [6.45, 7) is 1.02. The van der Waals surface area contributed by atoms with Gasteiger partial charge in [0.2, 0.25) is 5.91 Å². The zero-order chi connectivity index (χ0) is 20.9. The van der Waals surface area contributed by atoms with E-state index in [2.05, 4.69) is 0 Å². The van der Waals surface area contributed by atoms with Crippen molar-refractivity contribution in [3.8, 4) is 5.75 Å². The van der Waals surface area contributed by atoms with Crippen molar-refractivity contribution in [1.29, 1.82) is 0 Å². The molecule has 30 heavy (non-hydrogen) atoms. The maximum atomic E-state index is 13.3. The fourth-order valence-electron chi connectivity index (χ4n) is 3.46. The van der Waals surface area contributed by atoms with E-state index < -0.39 is 5.97 Å². The minimum Gasteiger partial charge on any atom is -0.423 e. The lowest BCUT2D eigenvalue weighted by Crippen LogP contribution is -2.44. The molecule has 0 bridgehead atoms. The molecular weight excluding hydrogens is 400 g/mol. The molecule has 0 atom stereocenters. The number of esters is 1. The third-order valence-corrected chi connectivity index (χ3v) is 5.15. The molecule has 1 amide bonds. The second kappa shape index (κ2) is 9.01. The Hall–Kier alpha value is -3.31. The first kappa shape index (κ1) is 20.0. The monoisotopic (exact) mass is 420 g/mol. The van der Waals surface area contributed by atoms with Crippen molar-refractivity contribution in [3.05, 3.63) is 95.0 Å². The molecule has 0 fully saturated rings. The van der Waals surface area contributed by atoms with Crippen LogP contribution in [0.4, 0.5) is 5.69 Å².